The van der Waals surface area contributed by atoms with Gasteiger partial charge in [0.2, 0.25) is 0 Å². The van der Waals surface area contributed by atoms with Crippen LogP contribution in [0.5, 0.6) is 0 Å². The maximum atomic E-state index is 10.3. The first-order valence-electron chi connectivity index (χ1n) is 3.16. The Morgan fingerprint density at radius 1 is 1.17 bits per heavy atom. The van der Waals surface area contributed by atoms with Gasteiger partial charge in [0.1, 0.15) is 0 Å². The zero-order valence-electron chi connectivity index (χ0n) is 6.74. The van der Waals surface area contributed by atoms with Gasteiger partial charge in [-0.15, -0.1) is 0 Å². The first-order chi connectivity index (χ1) is 5.30. The predicted octanol–water partition coefficient (Wildman–Crippen LogP) is -0.147. The highest BCUT2D eigenvalue weighted by Crippen LogP contribution is 2.10. The second-order valence-corrected chi connectivity index (χ2v) is 2.60. The van der Waals surface area contributed by atoms with Gasteiger partial charge < -0.3 is 15.3 Å². The highest BCUT2D eigenvalue weighted by molar-refractivity contribution is 6.03. The standard InChI is InChI=1S/C7H10O5/c1-4(2)3-7(12,5(8)9)6(10)11/h3,12H,1-2H3,(H,8,9)(H,10,11). The molecule has 0 unspecified atom stereocenters. The van der Waals surface area contributed by atoms with Crippen molar-refractivity contribution in [1.29, 1.82) is 0 Å². The molecule has 0 rings (SSSR count). The molecule has 12 heavy (non-hydrogen) atoms. The fourth-order valence-electron chi connectivity index (χ4n) is 0.633. The third kappa shape index (κ3) is 2.06. The monoisotopic (exact) mass is 174 g/mol. The van der Waals surface area contributed by atoms with E-state index in [2.05, 4.69) is 0 Å². The van der Waals surface area contributed by atoms with Crippen molar-refractivity contribution < 1.29 is 24.9 Å². The second-order valence-electron chi connectivity index (χ2n) is 2.60. The van der Waals surface area contributed by atoms with Crippen LogP contribution in [0.25, 0.3) is 0 Å². The van der Waals surface area contributed by atoms with Crippen LogP contribution in [0.3, 0.4) is 0 Å². The molecule has 0 aromatic rings. The molecule has 0 fully saturated rings. The number of rotatable bonds is 3. The zero-order chi connectivity index (χ0) is 9.94. The average molecular weight is 174 g/mol. The van der Waals surface area contributed by atoms with E-state index in [-0.39, 0.29) is 0 Å². The van der Waals surface area contributed by atoms with E-state index in [1.54, 1.807) is 0 Å². The average Bonchev–Trinajstić information content (AvgIpc) is 1.84. The molecule has 0 spiro atoms. The summed E-state index contributed by atoms with van der Waals surface area (Å²) in [6.07, 6.45) is 0.775. The van der Waals surface area contributed by atoms with Crippen molar-refractivity contribution in [1.82, 2.24) is 0 Å². The first-order valence-corrected chi connectivity index (χ1v) is 3.16. The normalized spacial score (nSPS) is 10.6. The summed E-state index contributed by atoms with van der Waals surface area (Å²) >= 11 is 0. The number of aliphatic carboxylic acids is 2. The molecular weight excluding hydrogens is 164 g/mol. The molecule has 0 radical (unpaired) electrons. The molecule has 0 saturated heterocycles. The minimum absolute atomic E-state index is 0.419. The summed E-state index contributed by atoms with van der Waals surface area (Å²) in [5.41, 5.74) is -2.39. The second kappa shape index (κ2) is 3.36. The highest BCUT2D eigenvalue weighted by Gasteiger charge is 2.42. The molecule has 3 N–H and O–H groups in total. The number of aliphatic hydroxyl groups is 1. The lowest BCUT2D eigenvalue weighted by molar-refractivity contribution is -0.169. The van der Waals surface area contributed by atoms with Crippen LogP contribution in [0.1, 0.15) is 13.8 Å². The fraction of sp³-hybridized carbons (Fsp3) is 0.429. The van der Waals surface area contributed by atoms with Crippen LogP contribution in [0.2, 0.25) is 0 Å². The van der Waals surface area contributed by atoms with Crippen molar-refractivity contribution in [2.45, 2.75) is 19.4 Å². The number of hydrogen-bond acceptors (Lipinski definition) is 3. The van der Waals surface area contributed by atoms with Crippen molar-refractivity contribution >= 4 is 11.9 Å². The molecule has 0 aromatic carbocycles. The van der Waals surface area contributed by atoms with Crippen LogP contribution in [0.15, 0.2) is 11.6 Å². The van der Waals surface area contributed by atoms with Crippen molar-refractivity contribution in [3.8, 4) is 0 Å². The number of carboxylic acids is 2. The molecule has 68 valence electrons. The highest BCUT2D eigenvalue weighted by atomic mass is 16.4. The van der Waals surface area contributed by atoms with Crippen LogP contribution >= 0.6 is 0 Å². The maximum absolute atomic E-state index is 10.3. The van der Waals surface area contributed by atoms with Crippen molar-refractivity contribution in [2.75, 3.05) is 0 Å². The van der Waals surface area contributed by atoms with E-state index < -0.39 is 17.5 Å². The smallest absolute Gasteiger partial charge is 0.351 e. The van der Waals surface area contributed by atoms with E-state index in [4.69, 9.17) is 15.3 Å². The molecule has 0 heterocycles. The van der Waals surface area contributed by atoms with Crippen LogP contribution in [0, 0.1) is 0 Å². The van der Waals surface area contributed by atoms with Gasteiger partial charge in [-0.2, -0.15) is 0 Å². The maximum Gasteiger partial charge on any atom is 0.351 e. The van der Waals surface area contributed by atoms with E-state index in [9.17, 15) is 9.59 Å². The van der Waals surface area contributed by atoms with Gasteiger partial charge in [0.05, 0.1) is 0 Å². The Morgan fingerprint density at radius 3 is 1.58 bits per heavy atom. The Kier molecular flexibility index (Phi) is 2.98. The molecule has 0 aromatic heterocycles. The summed E-state index contributed by atoms with van der Waals surface area (Å²) in [5.74, 6) is -3.59. The quantitative estimate of drug-likeness (QED) is 0.408. The Balaban J connectivity index is 5.02. The molecular formula is C7H10O5. The Hall–Kier alpha value is -1.36. The molecule has 0 bridgehead atoms. The van der Waals surface area contributed by atoms with Gasteiger partial charge in [-0.25, -0.2) is 9.59 Å². The van der Waals surface area contributed by atoms with Gasteiger partial charge >= 0.3 is 11.9 Å². The van der Waals surface area contributed by atoms with Gasteiger partial charge in [0.25, 0.3) is 5.60 Å². The zero-order valence-corrected chi connectivity index (χ0v) is 6.74. The molecule has 0 aliphatic heterocycles. The lowest BCUT2D eigenvalue weighted by atomic mass is 10.0. The summed E-state index contributed by atoms with van der Waals surface area (Å²) in [6.45, 7) is 2.99. The van der Waals surface area contributed by atoms with E-state index in [1.165, 1.54) is 13.8 Å². The van der Waals surface area contributed by atoms with Gasteiger partial charge in [-0.1, -0.05) is 5.57 Å². The third-order valence-electron chi connectivity index (χ3n) is 1.15. The predicted molar refractivity (Wildman–Crippen MR) is 39.7 cm³/mol. The van der Waals surface area contributed by atoms with E-state index >= 15 is 0 Å². The lowest BCUT2D eigenvalue weighted by Gasteiger charge is -2.13. The van der Waals surface area contributed by atoms with Crippen molar-refractivity contribution in [3.05, 3.63) is 11.6 Å². The van der Waals surface area contributed by atoms with Crippen LogP contribution in [-0.4, -0.2) is 32.9 Å². The molecule has 0 aliphatic carbocycles. The summed E-state index contributed by atoms with van der Waals surface area (Å²) < 4.78 is 0. The van der Waals surface area contributed by atoms with Gasteiger partial charge in [0, 0.05) is 0 Å². The Bertz CT molecular complexity index is 222. The summed E-state index contributed by atoms with van der Waals surface area (Å²) in [4.78, 5) is 20.6. The lowest BCUT2D eigenvalue weighted by Crippen LogP contribution is -2.44. The summed E-state index contributed by atoms with van der Waals surface area (Å²) in [6, 6.07) is 0. The Morgan fingerprint density at radius 2 is 1.50 bits per heavy atom. The summed E-state index contributed by atoms with van der Waals surface area (Å²) in [7, 11) is 0. The number of allylic oxidation sites excluding steroid dienone is 1. The van der Waals surface area contributed by atoms with Crippen molar-refractivity contribution in [3.63, 3.8) is 0 Å². The first kappa shape index (κ1) is 10.6. The largest absolute Gasteiger partial charge is 0.478 e. The van der Waals surface area contributed by atoms with Gasteiger partial charge in [-0.05, 0) is 19.9 Å². The molecule has 0 aliphatic rings. The third-order valence-corrected chi connectivity index (χ3v) is 1.15. The summed E-state index contributed by atoms with van der Waals surface area (Å²) in [5, 5.41) is 25.8. The molecule has 0 amide bonds. The molecule has 0 saturated carbocycles. The van der Waals surface area contributed by atoms with Crippen molar-refractivity contribution in [2.24, 2.45) is 0 Å². The van der Waals surface area contributed by atoms with Crippen LogP contribution in [-0.2, 0) is 9.59 Å². The SMILES string of the molecule is CC(C)=CC(O)(C(=O)O)C(=O)O. The van der Waals surface area contributed by atoms with Gasteiger partial charge in [0.15, 0.2) is 0 Å². The van der Waals surface area contributed by atoms with E-state index in [0.717, 1.165) is 6.08 Å². The number of carboxylic acid groups (broad SMARTS) is 2. The van der Waals surface area contributed by atoms with Crippen LogP contribution < -0.4 is 0 Å². The van der Waals surface area contributed by atoms with E-state index in [1.807, 2.05) is 0 Å². The fourth-order valence-corrected chi connectivity index (χ4v) is 0.633. The number of hydrogen-bond donors (Lipinski definition) is 3. The van der Waals surface area contributed by atoms with E-state index in [0.29, 0.717) is 5.57 Å². The van der Waals surface area contributed by atoms with Gasteiger partial charge in [-0.3, -0.25) is 0 Å². The minimum Gasteiger partial charge on any atom is -0.478 e. The molecule has 5 nitrogen and oxygen atoms in total. The molecule has 0 atom stereocenters. The topological polar surface area (TPSA) is 94.8 Å². The number of carbonyl (C=O) groups is 2. The Labute approximate surface area is 68.9 Å². The minimum atomic E-state index is -2.81. The molecule has 5 heteroatoms. The van der Waals surface area contributed by atoms with Crippen LogP contribution in [0.4, 0.5) is 0 Å².